The number of hydrogen-bond donors (Lipinski definition) is 0. The topological polar surface area (TPSA) is 38.9 Å². The van der Waals surface area contributed by atoms with Crippen LogP contribution in [-0.2, 0) is 26.5 Å². The van der Waals surface area contributed by atoms with Gasteiger partial charge in [0.2, 0.25) is 0 Å². The number of aromatic nitrogens is 2. The van der Waals surface area contributed by atoms with Crippen LogP contribution in [0.3, 0.4) is 0 Å². The molecule has 3 heterocycles. The van der Waals surface area contributed by atoms with Gasteiger partial charge in [0.25, 0.3) is 0 Å². The van der Waals surface area contributed by atoms with Crippen LogP contribution in [0.1, 0.15) is 48.4 Å². The van der Waals surface area contributed by atoms with Crippen molar-refractivity contribution in [1.82, 2.24) is 9.97 Å². The average molecular weight is 721 g/mol. The van der Waals surface area contributed by atoms with E-state index in [1.54, 1.807) is 24.4 Å². The largest absolute Gasteiger partial charge is 0.500 e. The molecule has 7 aromatic rings. The Morgan fingerprint density at radius 2 is 1.68 bits per heavy atom. The molecule has 0 amide bonds. The zero-order valence-electron chi connectivity index (χ0n) is 30.8. The quantitative estimate of drug-likeness (QED) is 0.135. The first-order valence-electron chi connectivity index (χ1n) is 17.0. The fourth-order valence-corrected chi connectivity index (χ4v) is 4.81. The van der Waals surface area contributed by atoms with Gasteiger partial charge in [-0.1, -0.05) is 81.0 Å². The van der Waals surface area contributed by atoms with E-state index in [2.05, 4.69) is 40.3 Å². The summed E-state index contributed by atoms with van der Waals surface area (Å²) in [4.78, 5) is 8.62. The molecule has 3 aromatic heterocycles. The van der Waals surface area contributed by atoms with E-state index < -0.39 is 25.5 Å². The van der Waals surface area contributed by atoms with Crippen LogP contribution in [0.15, 0.2) is 95.7 Å². The van der Waals surface area contributed by atoms with Crippen molar-refractivity contribution >= 4 is 32.7 Å². The third kappa shape index (κ3) is 6.10. The summed E-state index contributed by atoms with van der Waals surface area (Å²) in [6, 6.07) is 29.5. The number of hydrogen-bond acceptors (Lipinski definition) is 3. The molecule has 0 N–H and O–H groups in total. The van der Waals surface area contributed by atoms with Crippen LogP contribution in [0.2, 0.25) is 0 Å². The maximum atomic E-state index is 8.60. The van der Waals surface area contributed by atoms with Crippen molar-refractivity contribution in [1.29, 1.82) is 0 Å². The molecule has 0 aliphatic heterocycles. The molecule has 0 aliphatic rings. The molecule has 0 fully saturated rings. The molecule has 0 saturated carbocycles. The minimum Gasteiger partial charge on any atom is -0.500 e. The van der Waals surface area contributed by atoms with Crippen molar-refractivity contribution in [3.63, 3.8) is 0 Å². The number of benzene rings is 4. The summed E-state index contributed by atoms with van der Waals surface area (Å²) in [5.41, 5.74) is 4.92. The van der Waals surface area contributed by atoms with Gasteiger partial charge in [-0.2, -0.15) is 0 Å². The Kier molecular flexibility index (Phi) is 5.67. The van der Waals surface area contributed by atoms with Gasteiger partial charge in [-0.25, -0.2) is 0 Å². The third-order valence-corrected chi connectivity index (χ3v) is 6.48. The first kappa shape index (κ1) is 20.1. The van der Waals surface area contributed by atoms with E-state index >= 15 is 0 Å². The minimum atomic E-state index is -2.18. The third-order valence-electron chi connectivity index (χ3n) is 6.48. The second-order valence-corrected chi connectivity index (χ2v) is 10.7. The Morgan fingerprint density at radius 3 is 2.41 bits per heavy atom. The number of pyridine rings is 2. The summed E-state index contributed by atoms with van der Waals surface area (Å²) >= 11 is 0. The normalized spacial score (nSPS) is 15.3. The average Bonchev–Trinajstić information content (AvgIpc) is 3.43. The predicted molar refractivity (Wildman–Crippen MR) is 166 cm³/mol. The Morgan fingerprint density at radius 1 is 0.829 bits per heavy atom. The molecule has 0 unspecified atom stereocenters. The molecule has 0 saturated heterocycles. The zero-order chi connectivity index (χ0) is 34.6. The first-order valence-corrected chi connectivity index (χ1v) is 13.0. The summed E-state index contributed by atoms with van der Waals surface area (Å²) in [5, 5.41) is 4.36. The zero-order valence-corrected chi connectivity index (χ0v) is 25.2. The second-order valence-electron chi connectivity index (χ2n) is 10.7. The Hall–Kier alpha value is -3.85. The second kappa shape index (κ2) is 11.6. The fraction of sp³-hybridized carbons (Fsp3) is 0.189. The number of aryl methyl sites for hydroxylation is 2. The molecule has 0 atom stereocenters. The van der Waals surface area contributed by atoms with E-state index in [4.69, 9.17) is 15.4 Å². The first-order chi connectivity index (χ1) is 22.4. The predicted octanol–water partition coefficient (Wildman–Crippen LogP) is 9.79. The van der Waals surface area contributed by atoms with Crippen molar-refractivity contribution in [3.05, 3.63) is 120 Å². The van der Waals surface area contributed by atoms with Crippen molar-refractivity contribution in [3.8, 4) is 22.5 Å². The van der Waals surface area contributed by atoms with E-state index in [9.17, 15) is 0 Å². The molecule has 1 radical (unpaired) electrons. The molecule has 41 heavy (non-hydrogen) atoms. The molecular weight excluding hydrogens is 681 g/mol. The molecule has 0 bridgehead atoms. The van der Waals surface area contributed by atoms with E-state index in [0.29, 0.717) is 16.8 Å². The van der Waals surface area contributed by atoms with Crippen LogP contribution in [0.25, 0.3) is 55.2 Å². The van der Waals surface area contributed by atoms with Crippen molar-refractivity contribution in [2.24, 2.45) is 5.41 Å². The maximum Gasteiger partial charge on any atom is 0.121 e. The molecule has 0 aliphatic carbocycles. The van der Waals surface area contributed by atoms with Crippen LogP contribution >= 0.6 is 0 Å². The van der Waals surface area contributed by atoms with E-state index in [1.165, 1.54) is 24.4 Å². The molecule has 4 heteroatoms. The van der Waals surface area contributed by atoms with Crippen molar-refractivity contribution < 1.29 is 35.5 Å². The molecule has 3 nitrogen and oxygen atoms in total. The molecule has 4 aromatic carbocycles. The number of furan rings is 1. The minimum absolute atomic E-state index is 0. The van der Waals surface area contributed by atoms with Crippen LogP contribution in [-0.4, -0.2) is 9.97 Å². The monoisotopic (exact) mass is 721 g/mol. The number of rotatable bonds is 3. The fourth-order valence-electron chi connectivity index (χ4n) is 4.81. The van der Waals surface area contributed by atoms with Gasteiger partial charge in [0, 0.05) is 48.9 Å². The van der Waals surface area contributed by atoms with Crippen LogP contribution in [0, 0.1) is 31.3 Å². The van der Waals surface area contributed by atoms with Gasteiger partial charge in [-0.15, -0.1) is 53.1 Å². The van der Waals surface area contributed by atoms with Gasteiger partial charge >= 0.3 is 0 Å². The number of nitrogens with zero attached hydrogens (tertiary/aromatic N) is 2. The molecule has 7 rings (SSSR count). The Labute approximate surface area is 266 Å². The SMILES string of the molecule is [2H]C([2H])([2H])c1c[c-]c(-c2ccc(C([2H])([2H])[2H])cn2)cc1.[2H]C([2H])(c1ccnc(-c2[c-]cc3oc4cccc5ccc2c3c54)c1)C(C)(C)C.[Ir]. The standard InChI is InChI=1S/C24H20NO.C13H12N.Ir/c1-24(2,3)14-15-11-12-25-19(13-15)17-9-10-21-23-18(17)8-7-16-5-4-6-20(26-21)22(16)23;1-10-3-6-12(7-4-10)13-8-5-11(2)9-14-13;/h4-8,10-13H,14H2,1-3H3;3-6,8-9H,1-2H3;/q2*-1;/i14D2;1D3,2D3;. The van der Waals surface area contributed by atoms with Crippen LogP contribution in [0.4, 0.5) is 0 Å². The summed E-state index contributed by atoms with van der Waals surface area (Å²) in [6.07, 6.45) is 1.51. The summed E-state index contributed by atoms with van der Waals surface area (Å²) in [6.45, 7) is 1.40. The molecule has 207 valence electrons. The summed E-state index contributed by atoms with van der Waals surface area (Å²) in [5.74, 6) is 0. The van der Waals surface area contributed by atoms with Gasteiger partial charge in [0.05, 0.1) is 5.58 Å². The van der Waals surface area contributed by atoms with E-state index in [1.807, 2.05) is 45.0 Å². The smallest absolute Gasteiger partial charge is 0.121 e. The van der Waals surface area contributed by atoms with Crippen molar-refractivity contribution in [2.45, 2.75) is 40.8 Å². The Bertz CT molecular complexity index is 2160. The van der Waals surface area contributed by atoms with Gasteiger partial charge in [0.15, 0.2) is 0 Å². The van der Waals surface area contributed by atoms with Gasteiger partial charge in [-0.05, 0) is 58.5 Å². The summed E-state index contributed by atoms with van der Waals surface area (Å²) < 4.78 is 66.9. The maximum absolute atomic E-state index is 8.60. The van der Waals surface area contributed by atoms with E-state index in [0.717, 1.165) is 44.0 Å². The van der Waals surface area contributed by atoms with Gasteiger partial charge in [-0.3, -0.25) is 0 Å². The van der Waals surface area contributed by atoms with Gasteiger partial charge < -0.3 is 14.4 Å². The van der Waals surface area contributed by atoms with Crippen LogP contribution in [0.5, 0.6) is 0 Å². The van der Waals surface area contributed by atoms with Gasteiger partial charge in [0.1, 0.15) is 5.58 Å². The Balaban J connectivity index is 0.000000199. The van der Waals surface area contributed by atoms with Crippen molar-refractivity contribution in [2.75, 3.05) is 0 Å². The molecular formula is C37H32IrN2O-2. The van der Waals surface area contributed by atoms with Crippen LogP contribution < -0.4 is 0 Å². The summed E-state index contributed by atoms with van der Waals surface area (Å²) in [7, 11) is 0. The van der Waals surface area contributed by atoms with E-state index in [-0.39, 0.29) is 31.2 Å². The molecule has 0 spiro atoms.